The average Bonchev–Trinajstić information content (AvgIpc) is 2.89. The molecular formula is C16H20N4. The molecule has 0 radical (unpaired) electrons. The molecule has 0 aliphatic rings. The minimum absolute atomic E-state index is 0.804. The van der Waals surface area contributed by atoms with Gasteiger partial charge in [0, 0.05) is 23.6 Å². The summed E-state index contributed by atoms with van der Waals surface area (Å²) < 4.78 is 2.27. The van der Waals surface area contributed by atoms with E-state index in [1.807, 2.05) is 13.8 Å². The van der Waals surface area contributed by atoms with E-state index in [1.165, 1.54) is 22.2 Å². The molecule has 2 N–H and O–H groups in total. The van der Waals surface area contributed by atoms with Gasteiger partial charge in [-0.05, 0) is 32.4 Å². The van der Waals surface area contributed by atoms with Crippen molar-refractivity contribution in [1.82, 2.24) is 14.8 Å². The average molecular weight is 268 g/mol. The predicted molar refractivity (Wildman–Crippen MR) is 83.0 cm³/mol. The maximum atomic E-state index is 4.22. The summed E-state index contributed by atoms with van der Waals surface area (Å²) in [5.41, 5.74) is 7.13. The van der Waals surface area contributed by atoms with E-state index < -0.39 is 0 Å². The van der Waals surface area contributed by atoms with E-state index in [-0.39, 0.29) is 0 Å². The number of aromatic amines is 1. The van der Waals surface area contributed by atoms with E-state index in [9.17, 15) is 0 Å². The molecule has 0 bridgehead atoms. The summed E-state index contributed by atoms with van der Waals surface area (Å²) in [5, 5.41) is 12.1. The first kappa shape index (κ1) is 12.8. The lowest BCUT2D eigenvalue weighted by molar-refractivity contribution is 0.861. The second kappa shape index (κ2) is 4.71. The lowest BCUT2D eigenvalue weighted by atomic mass is 10.1. The smallest absolute Gasteiger partial charge is 0.0825 e. The lowest BCUT2D eigenvalue weighted by Gasteiger charge is -2.09. The maximum absolute atomic E-state index is 4.22. The summed E-state index contributed by atoms with van der Waals surface area (Å²) in [7, 11) is 2.13. The fourth-order valence-corrected chi connectivity index (χ4v) is 2.87. The van der Waals surface area contributed by atoms with Gasteiger partial charge in [0.15, 0.2) is 0 Å². The molecule has 2 heterocycles. The second-order valence-electron chi connectivity index (χ2n) is 5.31. The maximum Gasteiger partial charge on any atom is 0.0825 e. The number of fused-ring (bicyclic) bond motifs is 1. The molecule has 0 saturated heterocycles. The van der Waals surface area contributed by atoms with Crippen LogP contribution in [0.5, 0.6) is 0 Å². The Hall–Kier alpha value is -2.23. The molecule has 2 aromatic heterocycles. The fourth-order valence-electron chi connectivity index (χ4n) is 2.87. The van der Waals surface area contributed by atoms with Crippen molar-refractivity contribution < 1.29 is 0 Å². The van der Waals surface area contributed by atoms with E-state index in [4.69, 9.17) is 0 Å². The van der Waals surface area contributed by atoms with Gasteiger partial charge in [0.1, 0.15) is 0 Å². The van der Waals surface area contributed by atoms with Crippen molar-refractivity contribution in [2.24, 2.45) is 7.05 Å². The Morgan fingerprint density at radius 1 is 1.20 bits per heavy atom. The van der Waals surface area contributed by atoms with Gasteiger partial charge >= 0.3 is 0 Å². The Labute approximate surface area is 118 Å². The largest absolute Gasteiger partial charge is 0.376 e. The molecule has 0 amide bonds. The number of rotatable bonds is 3. The summed E-state index contributed by atoms with van der Waals surface area (Å²) >= 11 is 0. The molecule has 1 aromatic carbocycles. The monoisotopic (exact) mass is 268 g/mol. The standard InChI is InChI=1S/C16H20N4/c1-10-13-7-5-6-8-14(13)20(4)15(10)9-17-16-11(2)18-19-12(16)3/h5-8,17H,9H2,1-4H3,(H,18,19). The highest BCUT2D eigenvalue weighted by atomic mass is 15.2. The van der Waals surface area contributed by atoms with Crippen molar-refractivity contribution in [3.05, 3.63) is 46.9 Å². The third kappa shape index (κ3) is 1.88. The van der Waals surface area contributed by atoms with Crippen LogP contribution in [0.4, 0.5) is 5.69 Å². The van der Waals surface area contributed by atoms with E-state index in [2.05, 4.69) is 58.3 Å². The van der Waals surface area contributed by atoms with Crippen molar-refractivity contribution in [3.8, 4) is 0 Å². The number of anilines is 1. The highest BCUT2D eigenvalue weighted by Gasteiger charge is 2.12. The van der Waals surface area contributed by atoms with Gasteiger partial charge < -0.3 is 9.88 Å². The van der Waals surface area contributed by atoms with Crippen LogP contribution >= 0.6 is 0 Å². The molecule has 4 nitrogen and oxygen atoms in total. The highest BCUT2D eigenvalue weighted by molar-refractivity contribution is 5.85. The summed E-state index contributed by atoms with van der Waals surface area (Å²) in [6.07, 6.45) is 0. The molecule has 0 aliphatic heterocycles. The number of aryl methyl sites for hydroxylation is 4. The quantitative estimate of drug-likeness (QED) is 0.764. The number of para-hydroxylation sites is 1. The van der Waals surface area contributed by atoms with E-state index in [1.54, 1.807) is 0 Å². The van der Waals surface area contributed by atoms with Crippen molar-refractivity contribution in [1.29, 1.82) is 0 Å². The third-order valence-electron chi connectivity index (χ3n) is 4.07. The molecule has 0 saturated carbocycles. The molecule has 3 aromatic rings. The highest BCUT2D eigenvalue weighted by Crippen LogP contribution is 2.25. The Balaban J connectivity index is 1.96. The minimum Gasteiger partial charge on any atom is -0.376 e. The summed E-state index contributed by atoms with van der Waals surface area (Å²) in [4.78, 5) is 0. The molecule has 0 aliphatic carbocycles. The van der Waals surface area contributed by atoms with Crippen molar-refractivity contribution in [2.45, 2.75) is 27.3 Å². The van der Waals surface area contributed by atoms with E-state index in [0.717, 1.165) is 23.6 Å². The SMILES string of the molecule is Cc1n[nH]c(C)c1NCc1c(C)c2ccccc2n1C. The van der Waals surface area contributed by atoms with E-state index in [0.29, 0.717) is 0 Å². The molecule has 3 rings (SSSR count). The molecule has 0 atom stereocenters. The second-order valence-corrected chi connectivity index (χ2v) is 5.31. The number of H-pyrrole nitrogens is 1. The Bertz CT molecular complexity index is 706. The predicted octanol–water partition coefficient (Wildman–Crippen LogP) is 3.44. The minimum atomic E-state index is 0.804. The van der Waals surface area contributed by atoms with Crippen LogP contribution in [-0.2, 0) is 13.6 Å². The Kier molecular flexibility index (Phi) is 3.01. The zero-order valence-electron chi connectivity index (χ0n) is 12.4. The number of nitrogens with one attached hydrogen (secondary N) is 2. The van der Waals surface area contributed by atoms with Gasteiger partial charge in [-0.2, -0.15) is 5.10 Å². The normalized spacial score (nSPS) is 11.2. The summed E-state index contributed by atoms with van der Waals surface area (Å²) in [6.45, 7) is 7.05. The summed E-state index contributed by atoms with van der Waals surface area (Å²) in [6, 6.07) is 8.53. The molecule has 4 heteroatoms. The van der Waals surface area contributed by atoms with Crippen LogP contribution in [0.15, 0.2) is 24.3 Å². The molecule has 0 spiro atoms. The number of hydrogen-bond acceptors (Lipinski definition) is 2. The fraction of sp³-hybridized carbons (Fsp3) is 0.312. The topological polar surface area (TPSA) is 45.6 Å². The molecule has 0 fully saturated rings. The number of hydrogen-bond donors (Lipinski definition) is 2. The van der Waals surface area contributed by atoms with Gasteiger partial charge in [0.2, 0.25) is 0 Å². The zero-order chi connectivity index (χ0) is 14.3. The van der Waals surface area contributed by atoms with Gasteiger partial charge in [0.25, 0.3) is 0 Å². The summed E-state index contributed by atoms with van der Waals surface area (Å²) in [5.74, 6) is 0. The van der Waals surface area contributed by atoms with Crippen molar-refractivity contribution >= 4 is 16.6 Å². The van der Waals surface area contributed by atoms with Crippen LogP contribution in [0.2, 0.25) is 0 Å². The molecule has 20 heavy (non-hydrogen) atoms. The van der Waals surface area contributed by atoms with Crippen LogP contribution in [0.25, 0.3) is 10.9 Å². The Morgan fingerprint density at radius 3 is 2.60 bits per heavy atom. The van der Waals surface area contributed by atoms with E-state index >= 15 is 0 Å². The molecule has 0 unspecified atom stereocenters. The van der Waals surface area contributed by atoms with Gasteiger partial charge in [-0.15, -0.1) is 0 Å². The first-order valence-corrected chi connectivity index (χ1v) is 6.88. The number of benzene rings is 1. The first-order chi connectivity index (χ1) is 9.59. The third-order valence-corrected chi connectivity index (χ3v) is 4.07. The first-order valence-electron chi connectivity index (χ1n) is 6.88. The van der Waals surface area contributed by atoms with Crippen LogP contribution in [0.1, 0.15) is 22.6 Å². The van der Waals surface area contributed by atoms with Crippen LogP contribution in [-0.4, -0.2) is 14.8 Å². The Morgan fingerprint density at radius 2 is 1.95 bits per heavy atom. The molecule has 104 valence electrons. The van der Waals surface area contributed by atoms with Crippen LogP contribution in [0, 0.1) is 20.8 Å². The van der Waals surface area contributed by atoms with Crippen molar-refractivity contribution in [2.75, 3.05) is 5.32 Å². The number of aromatic nitrogens is 3. The number of nitrogens with zero attached hydrogens (tertiary/aromatic N) is 2. The van der Waals surface area contributed by atoms with Crippen LogP contribution in [0.3, 0.4) is 0 Å². The van der Waals surface area contributed by atoms with Gasteiger partial charge in [-0.1, -0.05) is 18.2 Å². The van der Waals surface area contributed by atoms with Gasteiger partial charge in [-0.3, -0.25) is 5.10 Å². The lowest BCUT2D eigenvalue weighted by Crippen LogP contribution is -2.06. The van der Waals surface area contributed by atoms with Crippen molar-refractivity contribution in [3.63, 3.8) is 0 Å². The van der Waals surface area contributed by atoms with Crippen LogP contribution < -0.4 is 5.32 Å². The van der Waals surface area contributed by atoms with Gasteiger partial charge in [-0.25, -0.2) is 0 Å². The zero-order valence-corrected chi connectivity index (χ0v) is 12.4. The molecular weight excluding hydrogens is 248 g/mol. The van der Waals surface area contributed by atoms with Gasteiger partial charge in [0.05, 0.1) is 23.6 Å².